The molecule has 0 atom stereocenters. The first-order chi connectivity index (χ1) is 10.5. The first-order valence-electron chi connectivity index (χ1n) is 6.45. The molecular formula is C16H15F3O3. The molecule has 0 amide bonds. The smallest absolute Gasteiger partial charge is 0.416 e. The van der Waals surface area contributed by atoms with Gasteiger partial charge >= 0.3 is 6.18 Å². The van der Waals surface area contributed by atoms with Gasteiger partial charge in [-0.2, -0.15) is 13.2 Å². The Bertz CT molecular complexity index is 599. The van der Waals surface area contributed by atoms with Crippen LogP contribution in [0.4, 0.5) is 13.2 Å². The SMILES string of the molecule is COc1cccc(OC)c1OCc1ccc(C(F)(F)F)cc1. The maximum absolute atomic E-state index is 12.5. The summed E-state index contributed by atoms with van der Waals surface area (Å²) in [6, 6.07) is 9.99. The topological polar surface area (TPSA) is 27.7 Å². The lowest BCUT2D eigenvalue weighted by atomic mass is 10.1. The first kappa shape index (κ1) is 16.0. The molecule has 0 bridgehead atoms. The summed E-state index contributed by atoms with van der Waals surface area (Å²) in [5, 5.41) is 0. The number of halogens is 3. The fraction of sp³-hybridized carbons (Fsp3) is 0.250. The Balaban J connectivity index is 2.13. The highest BCUT2D eigenvalue weighted by Crippen LogP contribution is 2.37. The second kappa shape index (κ2) is 6.60. The summed E-state index contributed by atoms with van der Waals surface area (Å²) in [7, 11) is 3.00. The molecule has 3 nitrogen and oxygen atoms in total. The van der Waals surface area contributed by atoms with Crippen molar-refractivity contribution in [2.45, 2.75) is 12.8 Å². The van der Waals surface area contributed by atoms with Gasteiger partial charge in [0, 0.05) is 0 Å². The fourth-order valence-corrected chi connectivity index (χ4v) is 1.90. The van der Waals surface area contributed by atoms with Crippen LogP contribution in [0.25, 0.3) is 0 Å². The molecule has 0 saturated heterocycles. The van der Waals surface area contributed by atoms with Crippen LogP contribution < -0.4 is 14.2 Å². The van der Waals surface area contributed by atoms with Crippen molar-refractivity contribution in [2.75, 3.05) is 14.2 Å². The van der Waals surface area contributed by atoms with E-state index in [2.05, 4.69) is 0 Å². The van der Waals surface area contributed by atoms with Gasteiger partial charge in [-0.3, -0.25) is 0 Å². The van der Waals surface area contributed by atoms with Gasteiger partial charge in [0.1, 0.15) is 6.61 Å². The quantitative estimate of drug-likeness (QED) is 0.824. The number of hydrogen-bond acceptors (Lipinski definition) is 3. The monoisotopic (exact) mass is 312 g/mol. The number of alkyl halides is 3. The predicted octanol–water partition coefficient (Wildman–Crippen LogP) is 4.30. The predicted molar refractivity (Wildman–Crippen MR) is 75.3 cm³/mol. The second-order valence-corrected chi connectivity index (χ2v) is 4.48. The van der Waals surface area contributed by atoms with E-state index in [4.69, 9.17) is 14.2 Å². The van der Waals surface area contributed by atoms with Gasteiger partial charge in [-0.05, 0) is 29.8 Å². The number of hydrogen-bond donors (Lipinski definition) is 0. The molecule has 2 rings (SSSR count). The van der Waals surface area contributed by atoms with Crippen LogP contribution in [0.5, 0.6) is 17.2 Å². The van der Waals surface area contributed by atoms with Gasteiger partial charge in [0.2, 0.25) is 5.75 Å². The summed E-state index contributed by atoms with van der Waals surface area (Å²) in [4.78, 5) is 0. The Kier molecular flexibility index (Phi) is 4.80. The van der Waals surface area contributed by atoms with Gasteiger partial charge in [-0.1, -0.05) is 18.2 Å². The molecule has 0 unspecified atom stereocenters. The van der Waals surface area contributed by atoms with E-state index < -0.39 is 11.7 Å². The van der Waals surface area contributed by atoms with E-state index in [9.17, 15) is 13.2 Å². The van der Waals surface area contributed by atoms with Crippen molar-refractivity contribution >= 4 is 0 Å². The van der Waals surface area contributed by atoms with Crippen molar-refractivity contribution in [3.05, 3.63) is 53.6 Å². The molecule has 0 aromatic heterocycles. The summed E-state index contributed by atoms with van der Waals surface area (Å²) < 4.78 is 53.5. The standard InChI is InChI=1S/C16H15F3O3/c1-20-13-4-3-5-14(21-2)15(13)22-10-11-6-8-12(9-7-11)16(17,18)19/h3-9H,10H2,1-2H3. The number of benzene rings is 2. The lowest BCUT2D eigenvalue weighted by molar-refractivity contribution is -0.137. The Hall–Kier alpha value is -2.37. The van der Waals surface area contributed by atoms with Gasteiger partial charge in [-0.15, -0.1) is 0 Å². The number of para-hydroxylation sites is 1. The minimum Gasteiger partial charge on any atom is -0.493 e. The molecule has 2 aromatic rings. The Morgan fingerprint density at radius 3 is 1.86 bits per heavy atom. The first-order valence-corrected chi connectivity index (χ1v) is 6.45. The van der Waals surface area contributed by atoms with Gasteiger partial charge < -0.3 is 14.2 Å². The van der Waals surface area contributed by atoms with Crippen LogP contribution in [0, 0.1) is 0 Å². The molecular weight excluding hydrogens is 297 g/mol. The Morgan fingerprint density at radius 2 is 1.41 bits per heavy atom. The highest BCUT2D eigenvalue weighted by Gasteiger charge is 2.29. The van der Waals surface area contributed by atoms with Crippen molar-refractivity contribution in [3.63, 3.8) is 0 Å². The van der Waals surface area contributed by atoms with Crippen LogP contribution >= 0.6 is 0 Å². The van der Waals surface area contributed by atoms with Crippen LogP contribution in [0.1, 0.15) is 11.1 Å². The second-order valence-electron chi connectivity index (χ2n) is 4.48. The lowest BCUT2D eigenvalue weighted by Crippen LogP contribution is -2.05. The van der Waals surface area contributed by atoms with Crippen LogP contribution in [0.3, 0.4) is 0 Å². The normalized spacial score (nSPS) is 11.1. The summed E-state index contributed by atoms with van der Waals surface area (Å²) in [6.07, 6.45) is -4.34. The van der Waals surface area contributed by atoms with Gasteiger partial charge in [0.25, 0.3) is 0 Å². The average Bonchev–Trinajstić information content (AvgIpc) is 2.52. The molecule has 0 heterocycles. The van der Waals surface area contributed by atoms with Crippen LogP contribution in [-0.4, -0.2) is 14.2 Å². The summed E-state index contributed by atoms with van der Waals surface area (Å²) in [6.45, 7) is 0.106. The molecule has 0 aliphatic rings. The summed E-state index contributed by atoms with van der Waals surface area (Å²) in [5.74, 6) is 1.39. The van der Waals surface area contributed by atoms with E-state index in [0.717, 1.165) is 12.1 Å². The Labute approximate surface area is 126 Å². The molecule has 118 valence electrons. The maximum Gasteiger partial charge on any atom is 0.416 e. The third-order valence-corrected chi connectivity index (χ3v) is 3.05. The van der Waals surface area contributed by atoms with Crippen molar-refractivity contribution < 1.29 is 27.4 Å². The minimum absolute atomic E-state index is 0.106. The molecule has 0 spiro atoms. The Morgan fingerprint density at radius 1 is 0.864 bits per heavy atom. The van der Waals surface area contributed by atoms with Gasteiger partial charge in [0.05, 0.1) is 19.8 Å². The molecule has 6 heteroatoms. The molecule has 0 radical (unpaired) electrons. The lowest BCUT2D eigenvalue weighted by Gasteiger charge is -2.14. The van der Waals surface area contributed by atoms with E-state index in [1.807, 2.05) is 0 Å². The number of rotatable bonds is 5. The van der Waals surface area contributed by atoms with Crippen molar-refractivity contribution in [2.24, 2.45) is 0 Å². The van der Waals surface area contributed by atoms with Crippen LogP contribution in [0.2, 0.25) is 0 Å². The summed E-state index contributed by atoms with van der Waals surface area (Å²) >= 11 is 0. The highest BCUT2D eigenvalue weighted by molar-refractivity contribution is 5.51. The zero-order valence-corrected chi connectivity index (χ0v) is 12.1. The average molecular weight is 312 g/mol. The molecule has 0 aliphatic heterocycles. The third-order valence-electron chi connectivity index (χ3n) is 3.05. The minimum atomic E-state index is -4.34. The molecule has 0 N–H and O–H groups in total. The molecule has 2 aromatic carbocycles. The van der Waals surface area contributed by atoms with E-state index in [1.165, 1.54) is 26.4 Å². The van der Waals surface area contributed by atoms with Gasteiger partial charge in [0.15, 0.2) is 11.5 Å². The van der Waals surface area contributed by atoms with Crippen LogP contribution in [-0.2, 0) is 12.8 Å². The molecule has 22 heavy (non-hydrogen) atoms. The van der Waals surface area contributed by atoms with Crippen molar-refractivity contribution in [1.29, 1.82) is 0 Å². The number of methoxy groups -OCH3 is 2. The van der Waals surface area contributed by atoms with E-state index in [1.54, 1.807) is 18.2 Å². The molecule has 0 aliphatic carbocycles. The van der Waals surface area contributed by atoms with Crippen molar-refractivity contribution in [3.8, 4) is 17.2 Å². The maximum atomic E-state index is 12.5. The summed E-state index contributed by atoms with van der Waals surface area (Å²) in [5.41, 5.74) is -0.0768. The van der Waals surface area contributed by atoms with E-state index >= 15 is 0 Å². The van der Waals surface area contributed by atoms with E-state index in [0.29, 0.717) is 22.8 Å². The molecule has 0 saturated carbocycles. The fourth-order valence-electron chi connectivity index (χ4n) is 1.90. The van der Waals surface area contributed by atoms with Crippen LogP contribution in [0.15, 0.2) is 42.5 Å². The number of ether oxygens (including phenoxy) is 3. The van der Waals surface area contributed by atoms with Crippen molar-refractivity contribution in [1.82, 2.24) is 0 Å². The molecule has 0 fully saturated rings. The third kappa shape index (κ3) is 3.63. The zero-order valence-electron chi connectivity index (χ0n) is 12.1. The highest BCUT2D eigenvalue weighted by atomic mass is 19.4. The van der Waals surface area contributed by atoms with Gasteiger partial charge in [-0.25, -0.2) is 0 Å². The van der Waals surface area contributed by atoms with E-state index in [-0.39, 0.29) is 6.61 Å². The zero-order chi connectivity index (χ0) is 16.2. The largest absolute Gasteiger partial charge is 0.493 e.